The molecule has 0 aliphatic rings. The van der Waals surface area contributed by atoms with E-state index in [1.165, 1.54) is 0 Å². The molecule has 1 N–H and O–H groups in total. The minimum Gasteiger partial charge on any atom is -0.507 e. The summed E-state index contributed by atoms with van der Waals surface area (Å²) in [6, 6.07) is 15.5. The van der Waals surface area contributed by atoms with Gasteiger partial charge in [0.1, 0.15) is 11.5 Å². The summed E-state index contributed by atoms with van der Waals surface area (Å²) in [6.45, 7) is 14.8. The topological polar surface area (TPSA) is 46.5 Å². The van der Waals surface area contributed by atoms with Crippen molar-refractivity contribution in [2.24, 2.45) is 0 Å². The van der Waals surface area contributed by atoms with E-state index in [4.69, 9.17) is 4.74 Å². The first-order chi connectivity index (χ1) is 15.5. The Morgan fingerprint density at radius 2 is 1.45 bits per heavy atom. The van der Waals surface area contributed by atoms with Crippen LogP contribution in [0.4, 0.5) is 0 Å². The summed E-state index contributed by atoms with van der Waals surface area (Å²) in [5.74, 6) is 0.462. The molecule has 176 valence electrons. The molecule has 3 rings (SSSR count). The molecule has 0 saturated carbocycles. The maximum Gasteiger partial charge on any atom is 0.343 e. The third-order valence-electron chi connectivity index (χ3n) is 6.75. The number of hydrogen-bond donors (Lipinski definition) is 1. The molecule has 3 heteroatoms. The highest BCUT2D eigenvalue weighted by Crippen LogP contribution is 2.43. The maximum atomic E-state index is 13.4. The van der Waals surface area contributed by atoms with E-state index >= 15 is 0 Å². The Morgan fingerprint density at radius 1 is 0.879 bits per heavy atom. The zero-order valence-corrected chi connectivity index (χ0v) is 21.2. The minimum atomic E-state index is -0.398. The number of carbonyl (C=O) groups excluding carboxylic acids is 1. The van der Waals surface area contributed by atoms with Crippen molar-refractivity contribution in [3.05, 3.63) is 70.8 Å². The van der Waals surface area contributed by atoms with E-state index in [0.717, 1.165) is 53.1 Å². The predicted molar refractivity (Wildman–Crippen MR) is 138 cm³/mol. The van der Waals surface area contributed by atoms with Crippen molar-refractivity contribution < 1.29 is 14.6 Å². The summed E-state index contributed by atoms with van der Waals surface area (Å²) in [7, 11) is 0. The van der Waals surface area contributed by atoms with Crippen LogP contribution in [0.3, 0.4) is 0 Å². The molecule has 0 saturated heterocycles. The SMILES string of the molecule is CCCC(C)(C)c1cc(C(=O)Oc2cccc3cc(C)ccc23)cc(C(C)(C)CCC)c1O. The first kappa shape index (κ1) is 24.8. The minimum absolute atomic E-state index is 0.261. The molecule has 33 heavy (non-hydrogen) atoms. The Kier molecular flexibility index (Phi) is 7.21. The highest BCUT2D eigenvalue weighted by Gasteiger charge is 2.32. The van der Waals surface area contributed by atoms with Gasteiger partial charge in [-0.25, -0.2) is 4.79 Å². The number of esters is 1. The third kappa shape index (κ3) is 5.24. The Bertz CT molecular complexity index is 1120. The van der Waals surface area contributed by atoms with E-state index in [1.54, 1.807) is 0 Å². The van der Waals surface area contributed by atoms with E-state index in [0.29, 0.717) is 17.1 Å². The zero-order valence-electron chi connectivity index (χ0n) is 21.2. The summed E-state index contributed by atoms with van der Waals surface area (Å²) in [5.41, 5.74) is 2.75. The Hall–Kier alpha value is -2.81. The Labute approximate surface area is 198 Å². The van der Waals surface area contributed by atoms with E-state index in [-0.39, 0.29) is 10.8 Å². The van der Waals surface area contributed by atoms with Crippen LogP contribution in [-0.2, 0) is 10.8 Å². The van der Waals surface area contributed by atoms with Crippen LogP contribution in [0.15, 0.2) is 48.5 Å². The van der Waals surface area contributed by atoms with Gasteiger partial charge in [0.2, 0.25) is 0 Å². The summed E-state index contributed by atoms with van der Waals surface area (Å²) in [4.78, 5) is 13.4. The molecule has 3 nitrogen and oxygen atoms in total. The molecule has 3 aromatic rings. The van der Waals surface area contributed by atoms with Gasteiger partial charge in [-0.2, -0.15) is 0 Å². The molecule has 0 fully saturated rings. The molecule has 0 aliphatic heterocycles. The van der Waals surface area contributed by atoms with E-state index in [2.05, 4.69) is 47.6 Å². The molecule has 0 radical (unpaired) electrons. The van der Waals surface area contributed by atoms with Crippen LogP contribution in [0.25, 0.3) is 10.8 Å². The summed E-state index contributed by atoms with van der Waals surface area (Å²) in [5, 5.41) is 13.3. The van der Waals surface area contributed by atoms with Crippen molar-refractivity contribution in [1.29, 1.82) is 0 Å². The molecule has 0 aromatic heterocycles. The second kappa shape index (κ2) is 9.59. The van der Waals surface area contributed by atoms with Crippen LogP contribution >= 0.6 is 0 Å². The molecule has 0 bridgehead atoms. The number of aryl methyl sites for hydroxylation is 1. The van der Waals surface area contributed by atoms with Crippen LogP contribution in [0.5, 0.6) is 11.5 Å². The third-order valence-corrected chi connectivity index (χ3v) is 6.75. The number of hydrogen-bond acceptors (Lipinski definition) is 3. The van der Waals surface area contributed by atoms with Gasteiger partial charge in [0, 0.05) is 16.5 Å². The van der Waals surface area contributed by atoms with Crippen LogP contribution in [-0.4, -0.2) is 11.1 Å². The molecule has 0 heterocycles. The normalized spacial score (nSPS) is 12.2. The van der Waals surface area contributed by atoms with Crippen molar-refractivity contribution in [3.8, 4) is 11.5 Å². The molecule has 0 atom stereocenters. The number of phenols is 1. The van der Waals surface area contributed by atoms with Gasteiger partial charge in [0.25, 0.3) is 0 Å². The summed E-state index contributed by atoms with van der Waals surface area (Å²) < 4.78 is 5.93. The molecule has 0 aliphatic carbocycles. The van der Waals surface area contributed by atoms with Crippen molar-refractivity contribution in [1.82, 2.24) is 0 Å². The summed E-state index contributed by atoms with van der Waals surface area (Å²) >= 11 is 0. The largest absolute Gasteiger partial charge is 0.507 e. The molecule has 0 unspecified atom stereocenters. The van der Waals surface area contributed by atoms with Gasteiger partial charge in [-0.15, -0.1) is 0 Å². The fourth-order valence-corrected chi connectivity index (χ4v) is 4.92. The number of rotatable bonds is 8. The van der Waals surface area contributed by atoms with Gasteiger partial charge < -0.3 is 9.84 Å². The maximum absolute atomic E-state index is 13.4. The van der Waals surface area contributed by atoms with Crippen molar-refractivity contribution >= 4 is 16.7 Å². The highest BCUT2D eigenvalue weighted by molar-refractivity contribution is 5.96. The monoisotopic (exact) mass is 446 g/mol. The number of benzene rings is 3. The second-order valence-electron chi connectivity index (χ2n) is 10.6. The molecule has 0 amide bonds. The Morgan fingerprint density at radius 3 is 2.00 bits per heavy atom. The average molecular weight is 447 g/mol. The predicted octanol–water partition coefficient (Wildman–Crippen LogP) is 8.23. The zero-order chi connectivity index (χ0) is 24.4. The van der Waals surface area contributed by atoms with Gasteiger partial charge in [-0.1, -0.05) is 90.3 Å². The van der Waals surface area contributed by atoms with E-state index in [1.807, 2.05) is 49.4 Å². The molecular weight excluding hydrogens is 408 g/mol. The van der Waals surface area contributed by atoms with Crippen LogP contribution in [0.1, 0.15) is 94.3 Å². The summed E-state index contributed by atoms with van der Waals surface area (Å²) in [6.07, 6.45) is 3.80. The van der Waals surface area contributed by atoms with E-state index < -0.39 is 5.97 Å². The fourth-order valence-electron chi connectivity index (χ4n) is 4.92. The van der Waals surface area contributed by atoms with E-state index in [9.17, 15) is 9.90 Å². The molecule has 0 spiro atoms. The Balaban J connectivity index is 2.11. The van der Waals surface area contributed by atoms with Gasteiger partial charge >= 0.3 is 5.97 Å². The fraction of sp³-hybridized carbons (Fsp3) is 0.433. The smallest absolute Gasteiger partial charge is 0.343 e. The average Bonchev–Trinajstić information content (AvgIpc) is 2.73. The second-order valence-corrected chi connectivity index (χ2v) is 10.6. The number of fused-ring (bicyclic) bond motifs is 1. The van der Waals surface area contributed by atoms with Gasteiger partial charge in [0.15, 0.2) is 0 Å². The molecule has 3 aromatic carbocycles. The van der Waals surface area contributed by atoms with Crippen LogP contribution < -0.4 is 4.74 Å². The lowest BCUT2D eigenvalue weighted by molar-refractivity contribution is 0.0736. The number of phenolic OH excluding ortho intramolecular Hbond substituents is 1. The lowest BCUT2D eigenvalue weighted by Crippen LogP contribution is -2.23. The molecular formula is C30H38O3. The first-order valence-electron chi connectivity index (χ1n) is 12.1. The van der Waals surface area contributed by atoms with Gasteiger partial charge in [-0.3, -0.25) is 0 Å². The lowest BCUT2D eigenvalue weighted by atomic mass is 9.73. The van der Waals surface area contributed by atoms with Crippen molar-refractivity contribution in [3.63, 3.8) is 0 Å². The first-order valence-corrected chi connectivity index (χ1v) is 12.1. The van der Waals surface area contributed by atoms with Gasteiger partial charge in [0.05, 0.1) is 5.56 Å². The standard InChI is InChI=1S/C30H38O3/c1-8-15-29(4,5)24-18-22(19-25(27(24)31)30(6,7)16-9-2)28(32)33-26-12-10-11-21-17-20(3)13-14-23(21)26/h10-14,17-19,31H,8-9,15-16H2,1-7H3. The van der Waals surface area contributed by atoms with Crippen LogP contribution in [0, 0.1) is 6.92 Å². The quantitative estimate of drug-likeness (QED) is 0.280. The lowest BCUT2D eigenvalue weighted by Gasteiger charge is -2.32. The highest BCUT2D eigenvalue weighted by atomic mass is 16.5. The van der Waals surface area contributed by atoms with Crippen LogP contribution in [0.2, 0.25) is 0 Å². The van der Waals surface area contributed by atoms with Crippen molar-refractivity contribution in [2.75, 3.05) is 0 Å². The number of aromatic hydroxyl groups is 1. The number of ether oxygens (including phenoxy) is 1. The van der Waals surface area contributed by atoms with Crippen molar-refractivity contribution in [2.45, 2.75) is 85.0 Å². The van der Waals surface area contributed by atoms with Gasteiger partial charge in [-0.05, 0) is 54.2 Å². The number of carbonyl (C=O) groups is 1.